The molecule has 2 rings (SSSR count). The normalized spacial score (nSPS) is 14.7. The number of likely N-dealkylation sites (N-methyl/N-ethyl adjacent to an activating group) is 1. The van der Waals surface area contributed by atoms with Gasteiger partial charge in [-0.2, -0.15) is 0 Å². The van der Waals surface area contributed by atoms with Gasteiger partial charge in [-0.1, -0.05) is 30.3 Å². The predicted molar refractivity (Wildman–Crippen MR) is 71.6 cm³/mol. The van der Waals surface area contributed by atoms with Crippen LogP contribution in [0.5, 0.6) is 0 Å². The zero-order valence-electron chi connectivity index (χ0n) is 10.8. The van der Waals surface area contributed by atoms with Gasteiger partial charge in [-0.25, -0.2) is 4.99 Å². The van der Waals surface area contributed by atoms with E-state index >= 15 is 0 Å². The summed E-state index contributed by atoms with van der Waals surface area (Å²) in [5.41, 5.74) is 1.21. The zero-order valence-corrected chi connectivity index (χ0v) is 10.8. The first kappa shape index (κ1) is 12.9. The molecule has 0 aromatic heterocycles. The highest BCUT2D eigenvalue weighted by atomic mass is 16.5. The second kappa shape index (κ2) is 7.01. The van der Waals surface area contributed by atoms with Crippen LogP contribution in [-0.2, 0) is 16.1 Å². The summed E-state index contributed by atoms with van der Waals surface area (Å²) >= 11 is 0. The molecule has 1 heterocycles. The molecule has 0 aliphatic carbocycles. The Morgan fingerprint density at radius 3 is 2.78 bits per heavy atom. The average molecular weight is 248 g/mol. The van der Waals surface area contributed by atoms with Gasteiger partial charge in [0.1, 0.15) is 0 Å². The summed E-state index contributed by atoms with van der Waals surface area (Å²) in [5, 5.41) is 0. The lowest BCUT2D eigenvalue weighted by Gasteiger charge is -2.13. The summed E-state index contributed by atoms with van der Waals surface area (Å²) in [6, 6.07) is 11.0. The van der Waals surface area contributed by atoms with E-state index in [1.54, 1.807) is 0 Å². The molecule has 0 atom stereocenters. The first-order valence-electron chi connectivity index (χ1n) is 6.36. The van der Waals surface area contributed by atoms with Crippen molar-refractivity contribution in [2.45, 2.75) is 13.0 Å². The molecule has 4 nitrogen and oxygen atoms in total. The standard InChI is InChI=1S/C14H20N2O2/c1-16-9-8-15-14(16)18-11-5-10-17-12-13-6-3-2-4-7-13/h2-4,6-7H,5,8-12H2,1H3. The third-order valence-electron chi connectivity index (χ3n) is 2.78. The van der Waals surface area contributed by atoms with Gasteiger partial charge in [0.15, 0.2) is 0 Å². The lowest BCUT2D eigenvalue weighted by atomic mass is 10.2. The predicted octanol–water partition coefficient (Wildman–Crippen LogP) is 1.91. The SMILES string of the molecule is CN1CCN=C1OCCCOCc1ccccc1. The molecule has 0 bridgehead atoms. The molecule has 0 spiro atoms. The molecule has 0 saturated heterocycles. The van der Waals surface area contributed by atoms with Crippen LogP contribution in [0.2, 0.25) is 0 Å². The van der Waals surface area contributed by atoms with Gasteiger partial charge in [-0.15, -0.1) is 0 Å². The monoisotopic (exact) mass is 248 g/mol. The van der Waals surface area contributed by atoms with Crippen LogP contribution in [-0.4, -0.2) is 44.3 Å². The van der Waals surface area contributed by atoms with Crippen molar-refractivity contribution in [2.75, 3.05) is 33.4 Å². The molecule has 1 aliphatic rings. The maximum absolute atomic E-state index is 5.58. The highest BCUT2D eigenvalue weighted by Gasteiger charge is 2.12. The molecule has 1 aliphatic heterocycles. The number of ether oxygens (including phenoxy) is 2. The number of aliphatic imine (C=N–C) groups is 1. The Balaban J connectivity index is 1.52. The maximum atomic E-state index is 5.58. The van der Waals surface area contributed by atoms with Gasteiger partial charge < -0.3 is 14.4 Å². The van der Waals surface area contributed by atoms with Crippen molar-refractivity contribution in [1.82, 2.24) is 4.90 Å². The van der Waals surface area contributed by atoms with E-state index in [1.165, 1.54) is 5.56 Å². The molecule has 1 aromatic carbocycles. The van der Waals surface area contributed by atoms with Crippen molar-refractivity contribution < 1.29 is 9.47 Å². The van der Waals surface area contributed by atoms with Gasteiger partial charge in [0, 0.05) is 20.0 Å². The molecule has 0 radical (unpaired) electrons. The van der Waals surface area contributed by atoms with Crippen LogP contribution < -0.4 is 0 Å². The van der Waals surface area contributed by atoms with Gasteiger partial charge in [0.2, 0.25) is 0 Å². The summed E-state index contributed by atoms with van der Waals surface area (Å²) in [5.74, 6) is 0. The van der Waals surface area contributed by atoms with E-state index in [2.05, 4.69) is 17.1 Å². The summed E-state index contributed by atoms with van der Waals surface area (Å²) in [4.78, 5) is 6.29. The zero-order chi connectivity index (χ0) is 12.6. The van der Waals surface area contributed by atoms with Gasteiger partial charge in [-0.3, -0.25) is 0 Å². The first-order chi connectivity index (χ1) is 8.86. The van der Waals surface area contributed by atoms with Gasteiger partial charge in [0.25, 0.3) is 6.02 Å². The lowest BCUT2D eigenvalue weighted by molar-refractivity contribution is 0.103. The van der Waals surface area contributed by atoms with E-state index in [0.717, 1.165) is 25.5 Å². The van der Waals surface area contributed by atoms with Crippen LogP contribution in [0.25, 0.3) is 0 Å². The van der Waals surface area contributed by atoms with E-state index in [9.17, 15) is 0 Å². The number of amidine groups is 1. The molecule has 98 valence electrons. The quantitative estimate of drug-likeness (QED) is 0.721. The first-order valence-corrected chi connectivity index (χ1v) is 6.36. The summed E-state index contributed by atoms with van der Waals surface area (Å²) in [7, 11) is 2.00. The van der Waals surface area contributed by atoms with E-state index in [1.807, 2.05) is 30.1 Å². The Bertz CT molecular complexity index is 379. The Kier molecular flexibility index (Phi) is 5.02. The Labute approximate surface area is 108 Å². The van der Waals surface area contributed by atoms with Crippen molar-refractivity contribution in [3.05, 3.63) is 35.9 Å². The van der Waals surface area contributed by atoms with Crippen molar-refractivity contribution in [2.24, 2.45) is 4.99 Å². The number of nitrogens with zero attached hydrogens (tertiary/aromatic N) is 2. The minimum absolute atomic E-state index is 0.665. The summed E-state index contributed by atoms with van der Waals surface area (Å²) in [6.07, 6.45) is 0.889. The number of hydrogen-bond donors (Lipinski definition) is 0. The van der Waals surface area contributed by atoms with E-state index in [-0.39, 0.29) is 0 Å². The highest BCUT2D eigenvalue weighted by Crippen LogP contribution is 2.02. The Morgan fingerprint density at radius 1 is 1.22 bits per heavy atom. The third kappa shape index (κ3) is 4.04. The topological polar surface area (TPSA) is 34.1 Å². The third-order valence-corrected chi connectivity index (χ3v) is 2.78. The van der Waals surface area contributed by atoms with Crippen molar-refractivity contribution in [3.63, 3.8) is 0 Å². The van der Waals surface area contributed by atoms with E-state index in [0.29, 0.717) is 19.8 Å². The van der Waals surface area contributed by atoms with Crippen LogP contribution in [0.3, 0.4) is 0 Å². The van der Waals surface area contributed by atoms with E-state index < -0.39 is 0 Å². The maximum Gasteiger partial charge on any atom is 0.287 e. The molecule has 0 fully saturated rings. The van der Waals surface area contributed by atoms with Crippen molar-refractivity contribution in [1.29, 1.82) is 0 Å². The smallest absolute Gasteiger partial charge is 0.287 e. The summed E-state index contributed by atoms with van der Waals surface area (Å²) < 4.78 is 11.1. The number of hydrogen-bond acceptors (Lipinski definition) is 4. The molecular formula is C14H20N2O2. The fourth-order valence-electron chi connectivity index (χ4n) is 1.76. The second-order valence-corrected chi connectivity index (χ2v) is 4.33. The van der Waals surface area contributed by atoms with Crippen LogP contribution in [0.1, 0.15) is 12.0 Å². The van der Waals surface area contributed by atoms with Crippen LogP contribution in [0.15, 0.2) is 35.3 Å². The fourth-order valence-corrected chi connectivity index (χ4v) is 1.76. The molecule has 0 amide bonds. The minimum Gasteiger partial charge on any atom is -0.465 e. The summed E-state index contributed by atoms with van der Waals surface area (Å²) in [6.45, 7) is 3.85. The molecule has 18 heavy (non-hydrogen) atoms. The average Bonchev–Trinajstić information content (AvgIpc) is 2.81. The fraction of sp³-hybridized carbons (Fsp3) is 0.500. The molecule has 0 unspecified atom stereocenters. The van der Waals surface area contributed by atoms with Gasteiger partial charge in [-0.05, 0) is 5.56 Å². The van der Waals surface area contributed by atoms with Gasteiger partial charge in [0.05, 0.1) is 26.4 Å². The van der Waals surface area contributed by atoms with Crippen LogP contribution in [0.4, 0.5) is 0 Å². The number of rotatable bonds is 6. The van der Waals surface area contributed by atoms with E-state index in [4.69, 9.17) is 9.47 Å². The van der Waals surface area contributed by atoms with Gasteiger partial charge >= 0.3 is 0 Å². The Morgan fingerprint density at radius 2 is 2.06 bits per heavy atom. The molecule has 1 aromatic rings. The lowest BCUT2D eigenvalue weighted by Crippen LogP contribution is -2.25. The highest BCUT2D eigenvalue weighted by molar-refractivity contribution is 5.75. The van der Waals surface area contributed by atoms with Crippen LogP contribution in [0, 0.1) is 0 Å². The van der Waals surface area contributed by atoms with Crippen molar-refractivity contribution in [3.8, 4) is 0 Å². The molecule has 4 heteroatoms. The molecular weight excluding hydrogens is 228 g/mol. The Hall–Kier alpha value is -1.55. The second-order valence-electron chi connectivity index (χ2n) is 4.33. The molecule has 0 saturated carbocycles. The largest absolute Gasteiger partial charge is 0.465 e. The number of benzene rings is 1. The minimum atomic E-state index is 0.665. The molecule has 0 N–H and O–H groups in total. The van der Waals surface area contributed by atoms with Crippen LogP contribution >= 0.6 is 0 Å². The van der Waals surface area contributed by atoms with Crippen molar-refractivity contribution >= 4 is 6.02 Å².